The molecule has 3 rings (SSSR count). The molecule has 2 N–H and O–H groups in total. The first-order chi connectivity index (χ1) is 12.8. The van der Waals surface area contributed by atoms with Gasteiger partial charge in [-0.3, -0.25) is 10.1 Å². The Morgan fingerprint density at radius 2 is 2.04 bits per heavy atom. The Hall–Kier alpha value is -3.62. The first-order valence-corrected chi connectivity index (χ1v) is 7.97. The quantitative estimate of drug-likeness (QED) is 0.357. The topological polar surface area (TPSA) is 131 Å². The fourth-order valence-electron chi connectivity index (χ4n) is 2.59. The molecule has 0 spiro atoms. The van der Waals surface area contributed by atoms with E-state index in [-0.39, 0.29) is 24.3 Å². The number of hydrogen-bond donors (Lipinski definition) is 2. The van der Waals surface area contributed by atoms with Crippen LogP contribution in [0.15, 0.2) is 47.6 Å². The van der Waals surface area contributed by atoms with Crippen LogP contribution in [0.25, 0.3) is 0 Å². The number of aromatic hydroxyl groups is 2. The fraction of sp³-hybridized carbons (Fsp3) is 0.222. The second kappa shape index (κ2) is 6.94. The van der Waals surface area contributed by atoms with Crippen LogP contribution in [0.5, 0.6) is 11.5 Å². The van der Waals surface area contributed by atoms with Crippen LogP contribution in [-0.2, 0) is 21.0 Å². The number of nitro groups is 1. The number of phenolic OH excluding ortho intramolecular Hbond substituents is 2. The van der Waals surface area contributed by atoms with Crippen molar-refractivity contribution in [2.45, 2.75) is 25.6 Å². The highest BCUT2D eigenvalue weighted by Gasteiger charge is 2.44. The third-order valence-electron chi connectivity index (χ3n) is 4.11. The monoisotopic (exact) mass is 372 g/mol. The molecule has 27 heavy (non-hydrogen) atoms. The zero-order valence-corrected chi connectivity index (χ0v) is 14.3. The fourth-order valence-corrected chi connectivity index (χ4v) is 2.59. The average molecular weight is 372 g/mol. The van der Waals surface area contributed by atoms with E-state index in [1.165, 1.54) is 6.92 Å². The molecule has 1 aliphatic rings. The summed E-state index contributed by atoms with van der Waals surface area (Å²) >= 11 is 0. The van der Waals surface area contributed by atoms with Gasteiger partial charge in [-0.2, -0.15) is 0 Å². The lowest BCUT2D eigenvalue weighted by Crippen LogP contribution is -2.37. The summed E-state index contributed by atoms with van der Waals surface area (Å²) in [6.45, 7) is 1.56. The molecule has 1 atom stereocenters. The summed E-state index contributed by atoms with van der Waals surface area (Å²) in [6.07, 6.45) is -0.0119. The molecule has 0 saturated carbocycles. The molecule has 2 aromatic carbocycles. The highest BCUT2D eigenvalue weighted by molar-refractivity contribution is 6.05. The molecule has 0 aliphatic carbocycles. The van der Waals surface area contributed by atoms with Gasteiger partial charge in [0.1, 0.15) is 6.61 Å². The maximum absolute atomic E-state index is 12.4. The van der Waals surface area contributed by atoms with Crippen molar-refractivity contribution in [1.29, 1.82) is 0 Å². The van der Waals surface area contributed by atoms with Gasteiger partial charge in [-0.05, 0) is 18.6 Å². The number of nitro benzene ring substituents is 1. The number of benzene rings is 2. The number of carbonyl (C=O) groups is 1. The first kappa shape index (κ1) is 18.2. The van der Waals surface area contributed by atoms with Crippen LogP contribution in [-0.4, -0.2) is 32.4 Å². The lowest BCUT2D eigenvalue weighted by atomic mass is 9.95. The summed E-state index contributed by atoms with van der Waals surface area (Å²) in [5.41, 5.74) is -0.878. The SMILES string of the molecule is CC1(C(=O)OCc2ccccc2)CC(c2cc(O)c(O)c([N+](=O)[O-])c2)=NO1. The minimum absolute atomic E-state index is 0.0119. The Bertz CT molecular complexity index is 927. The molecule has 1 aliphatic heterocycles. The third-order valence-corrected chi connectivity index (χ3v) is 4.11. The lowest BCUT2D eigenvalue weighted by molar-refractivity contribution is -0.386. The third kappa shape index (κ3) is 3.66. The molecule has 0 fully saturated rings. The molecule has 9 heteroatoms. The summed E-state index contributed by atoms with van der Waals surface area (Å²) in [6, 6.07) is 11.3. The van der Waals surface area contributed by atoms with Crippen LogP contribution in [0.1, 0.15) is 24.5 Å². The van der Waals surface area contributed by atoms with Gasteiger partial charge in [-0.15, -0.1) is 0 Å². The minimum Gasteiger partial charge on any atom is -0.504 e. The molecule has 0 saturated heterocycles. The number of phenols is 2. The summed E-state index contributed by atoms with van der Waals surface area (Å²) in [4.78, 5) is 27.8. The Labute approximate surface area is 153 Å². The zero-order valence-electron chi connectivity index (χ0n) is 14.3. The Kier molecular flexibility index (Phi) is 4.68. The number of rotatable bonds is 5. The van der Waals surface area contributed by atoms with E-state index in [9.17, 15) is 25.1 Å². The lowest BCUT2D eigenvalue weighted by Gasteiger charge is -2.19. The maximum atomic E-state index is 12.4. The van der Waals surface area contributed by atoms with Gasteiger partial charge in [0.15, 0.2) is 5.75 Å². The summed E-state index contributed by atoms with van der Waals surface area (Å²) in [5, 5.41) is 34.1. The first-order valence-electron chi connectivity index (χ1n) is 7.97. The van der Waals surface area contributed by atoms with Crippen LogP contribution >= 0.6 is 0 Å². The molecule has 1 heterocycles. The Balaban J connectivity index is 1.73. The summed E-state index contributed by atoms with van der Waals surface area (Å²) < 4.78 is 5.27. The van der Waals surface area contributed by atoms with Crippen molar-refractivity contribution in [3.63, 3.8) is 0 Å². The number of carbonyl (C=O) groups excluding carboxylic acids is 1. The highest BCUT2D eigenvalue weighted by atomic mass is 16.7. The van der Waals surface area contributed by atoms with Crippen LogP contribution in [0, 0.1) is 10.1 Å². The largest absolute Gasteiger partial charge is 0.504 e. The summed E-state index contributed by atoms with van der Waals surface area (Å²) in [7, 11) is 0. The van der Waals surface area contributed by atoms with Gasteiger partial charge in [-0.25, -0.2) is 4.79 Å². The minimum atomic E-state index is -1.40. The molecule has 0 amide bonds. The van der Waals surface area contributed by atoms with Crippen molar-refractivity contribution in [3.05, 3.63) is 63.7 Å². The van der Waals surface area contributed by atoms with Crippen LogP contribution in [0.4, 0.5) is 5.69 Å². The second-order valence-corrected chi connectivity index (χ2v) is 6.22. The highest BCUT2D eigenvalue weighted by Crippen LogP contribution is 2.38. The molecule has 2 aromatic rings. The molecule has 0 bridgehead atoms. The number of ether oxygens (including phenoxy) is 1. The second-order valence-electron chi connectivity index (χ2n) is 6.22. The molecule has 140 valence electrons. The van der Waals surface area contributed by atoms with Crippen molar-refractivity contribution in [3.8, 4) is 11.5 Å². The van der Waals surface area contributed by atoms with Crippen molar-refractivity contribution in [2.75, 3.05) is 0 Å². The van der Waals surface area contributed by atoms with E-state index in [0.717, 1.165) is 17.7 Å². The van der Waals surface area contributed by atoms with Crippen LogP contribution in [0.2, 0.25) is 0 Å². The van der Waals surface area contributed by atoms with Crippen molar-refractivity contribution >= 4 is 17.4 Å². The summed E-state index contributed by atoms with van der Waals surface area (Å²) in [5.74, 6) is -2.14. The maximum Gasteiger partial charge on any atom is 0.353 e. The number of hydrogen-bond acceptors (Lipinski definition) is 8. The number of oxime groups is 1. The van der Waals surface area contributed by atoms with E-state index in [0.29, 0.717) is 0 Å². The number of nitrogens with zero attached hydrogens (tertiary/aromatic N) is 2. The molecule has 0 aromatic heterocycles. The predicted octanol–water partition coefficient (Wildman–Crippen LogP) is 2.63. The molecular formula is C18H16N2O7. The molecule has 9 nitrogen and oxygen atoms in total. The van der Waals surface area contributed by atoms with E-state index >= 15 is 0 Å². The van der Waals surface area contributed by atoms with Crippen molar-refractivity contribution in [2.24, 2.45) is 5.16 Å². The standard InChI is InChI=1S/C18H16N2O7/c1-18(17(23)26-10-11-5-3-2-4-6-11)9-13(19-27-18)12-7-14(20(24)25)16(22)15(21)8-12/h2-8,21-22H,9-10H2,1H3. The van der Waals surface area contributed by atoms with Crippen molar-refractivity contribution < 1.29 is 29.5 Å². The van der Waals surface area contributed by atoms with Gasteiger partial charge in [0, 0.05) is 18.1 Å². The zero-order chi connectivity index (χ0) is 19.6. The van der Waals surface area contributed by atoms with E-state index in [1.54, 1.807) is 0 Å². The van der Waals surface area contributed by atoms with E-state index in [2.05, 4.69) is 5.16 Å². The van der Waals surface area contributed by atoms with E-state index < -0.39 is 33.7 Å². The van der Waals surface area contributed by atoms with Crippen molar-refractivity contribution in [1.82, 2.24) is 0 Å². The van der Waals surface area contributed by atoms with Crippen LogP contribution in [0.3, 0.4) is 0 Å². The molecule has 0 radical (unpaired) electrons. The average Bonchev–Trinajstić information content (AvgIpc) is 3.06. The Morgan fingerprint density at radius 3 is 2.70 bits per heavy atom. The normalized spacial score (nSPS) is 18.5. The van der Waals surface area contributed by atoms with Gasteiger partial charge in [-0.1, -0.05) is 35.5 Å². The van der Waals surface area contributed by atoms with Gasteiger partial charge in [0.2, 0.25) is 11.4 Å². The predicted molar refractivity (Wildman–Crippen MR) is 93.3 cm³/mol. The van der Waals surface area contributed by atoms with Gasteiger partial charge < -0.3 is 19.8 Å². The van der Waals surface area contributed by atoms with Crippen LogP contribution < -0.4 is 0 Å². The van der Waals surface area contributed by atoms with Gasteiger partial charge in [0.25, 0.3) is 0 Å². The molecule has 1 unspecified atom stereocenters. The Morgan fingerprint density at radius 1 is 1.33 bits per heavy atom. The van der Waals surface area contributed by atoms with E-state index in [1.807, 2.05) is 30.3 Å². The number of esters is 1. The van der Waals surface area contributed by atoms with E-state index in [4.69, 9.17) is 9.57 Å². The smallest absolute Gasteiger partial charge is 0.353 e. The van der Waals surface area contributed by atoms with Gasteiger partial charge in [0.05, 0.1) is 10.6 Å². The molecular weight excluding hydrogens is 356 g/mol. The van der Waals surface area contributed by atoms with Gasteiger partial charge >= 0.3 is 11.7 Å².